The lowest BCUT2D eigenvalue weighted by atomic mass is 10.1. The number of nitrogens with one attached hydrogen (secondary N) is 1. The fraction of sp³-hybridized carbons (Fsp3) is 0.667. The first-order chi connectivity index (χ1) is 7.93. The van der Waals surface area contributed by atoms with Gasteiger partial charge in [-0.05, 0) is 12.8 Å². The van der Waals surface area contributed by atoms with Crippen molar-refractivity contribution in [2.45, 2.75) is 33.4 Å². The standard InChI is InChI=1S/C12H21N3O2/c1-9(2)10(3)13-6-8-15-11(16)5-7-14(4)12(15)17/h5,7,9-10,13H,6,8H2,1-4H3. The molecule has 1 rings (SSSR count). The molecule has 0 aliphatic carbocycles. The topological polar surface area (TPSA) is 56.0 Å². The predicted octanol–water partition coefficient (Wildman–Crippen LogP) is 0.181. The van der Waals surface area contributed by atoms with Gasteiger partial charge in [-0.15, -0.1) is 0 Å². The second kappa shape index (κ2) is 5.82. The van der Waals surface area contributed by atoms with E-state index in [2.05, 4.69) is 26.1 Å². The highest BCUT2D eigenvalue weighted by Gasteiger charge is 2.07. The molecule has 1 atom stereocenters. The Kier molecular flexibility index (Phi) is 4.69. The first kappa shape index (κ1) is 13.7. The molecule has 0 aliphatic rings. The van der Waals surface area contributed by atoms with Gasteiger partial charge in [0.1, 0.15) is 0 Å². The minimum absolute atomic E-state index is 0.243. The van der Waals surface area contributed by atoms with E-state index >= 15 is 0 Å². The van der Waals surface area contributed by atoms with Gasteiger partial charge in [-0.25, -0.2) is 4.79 Å². The van der Waals surface area contributed by atoms with Gasteiger partial charge in [0.05, 0.1) is 0 Å². The summed E-state index contributed by atoms with van der Waals surface area (Å²) in [5.41, 5.74) is -0.511. The van der Waals surface area contributed by atoms with Crippen LogP contribution in [0.25, 0.3) is 0 Å². The quantitative estimate of drug-likeness (QED) is 0.797. The fourth-order valence-corrected chi connectivity index (χ4v) is 1.46. The van der Waals surface area contributed by atoms with Crippen LogP contribution in [0.3, 0.4) is 0 Å². The Morgan fingerprint density at radius 3 is 2.53 bits per heavy atom. The minimum Gasteiger partial charge on any atom is -0.312 e. The molecular formula is C12H21N3O2. The largest absolute Gasteiger partial charge is 0.330 e. The maximum absolute atomic E-state index is 11.7. The molecule has 1 aromatic rings. The first-order valence-corrected chi connectivity index (χ1v) is 5.93. The summed E-state index contributed by atoms with van der Waals surface area (Å²) in [7, 11) is 1.64. The van der Waals surface area contributed by atoms with E-state index in [1.165, 1.54) is 21.4 Å². The summed E-state index contributed by atoms with van der Waals surface area (Å²) in [6.45, 7) is 7.38. The van der Waals surface area contributed by atoms with Crippen molar-refractivity contribution in [3.63, 3.8) is 0 Å². The molecule has 0 spiro atoms. The summed E-state index contributed by atoms with van der Waals surface area (Å²) < 4.78 is 2.66. The van der Waals surface area contributed by atoms with E-state index in [9.17, 15) is 9.59 Å². The highest BCUT2D eigenvalue weighted by atomic mass is 16.2. The third-order valence-electron chi connectivity index (χ3n) is 3.04. The van der Waals surface area contributed by atoms with Crippen LogP contribution in [-0.4, -0.2) is 21.7 Å². The van der Waals surface area contributed by atoms with Crippen LogP contribution in [0.4, 0.5) is 0 Å². The molecule has 5 nitrogen and oxygen atoms in total. The molecule has 0 radical (unpaired) electrons. The van der Waals surface area contributed by atoms with Gasteiger partial charge in [0.2, 0.25) is 0 Å². The molecule has 0 bridgehead atoms. The van der Waals surface area contributed by atoms with Gasteiger partial charge in [-0.1, -0.05) is 13.8 Å². The molecule has 1 unspecified atom stereocenters. The maximum Gasteiger partial charge on any atom is 0.330 e. The molecule has 5 heteroatoms. The van der Waals surface area contributed by atoms with Crippen LogP contribution in [0.15, 0.2) is 21.9 Å². The monoisotopic (exact) mass is 239 g/mol. The molecule has 0 aromatic carbocycles. The lowest BCUT2D eigenvalue weighted by molar-refractivity contribution is 0.410. The summed E-state index contributed by atoms with van der Waals surface area (Å²) in [6.07, 6.45) is 1.49. The van der Waals surface area contributed by atoms with Gasteiger partial charge in [0.15, 0.2) is 0 Å². The smallest absolute Gasteiger partial charge is 0.312 e. The van der Waals surface area contributed by atoms with Gasteiger partial charge in [0.25, 0.3) is 5.56 Å². The zero-order valence-corrected chi connectivity index (χ0v) is 10.9. The zero-order chi connectivity index (χ0) is 13.0. The Labute approximate surface area is 101 Å². The lowest BCUT2D eigenvalue weighted by Crippen LogP contribution is -2.42. The van der Waals surface area contributed by atoms with E-state index in [1.54, 1.807) is 7.05 Å². The number of aryl methyl sites for hydroxylation is 1. The van der Waals surface area contributed by atoms with E-state index < -0.39 is 0 Å². The summed E-state index contributed by atoms with van der Waals surface area (Å²) in [6, 6.07) is 1.78. The highest BCUT2D eigenvalue weighted by molar-refractivity contribution is 4.85. The zero-order valence-electron chi connectivity index (χ0n) is 10.9. The van der Waals surface area contributed by atoms with Crippen molar-refractivity contribution in [3.05, 3.63) is 33.1 Å². The van der Waals surface area contributed by atoms with E-state index in [0.717, 1.165) is 0 Å². The van der Waals surface area contributed by atoms with Crippen molar-refractivity contribution in [2.75, 3.05) is 6.54 Å². The van der Waals surface area contributed by atoms with Crippen LogP contribution < -0.4 is 16.6 Å². The minimum atomic E-state index is -0.267. The highest BCUT2D eigenvalue weighted by Crippen LogP contribution is 1.98. The van der Waals surface area contributed by atoms with Crippen LogP contribution in [0.2, 0.25) is 0 Å². The molecule has 0 amide bonds. The fourth-order valence-electron chi connectivity index (χ4n) is 1.46. The summed E-state index contributed by atoms with van der Waals surface area (Å²) in [5.74, 6) is 0.533. The van der Waals surface area contributed by atoms with Gasteiger partial charge < -0.3 is 9.88 Å². The lowest BCUT2D eigenvalue weighted by Gasteiger charge is -2.17. The Bertz CT molecular complexity index is 473. The molecular weight excluding hydrogens is 218 g/mol. The molecule has 0 aliphatic heterocycles. The van der Waals surface area contributed by atoms with E-state index in [4.69, 9.17) is 0 Å². The van der Waals surface area contributed by atoms with Gasteiger partial charge in [-0.3, -0.25) is 9.36 Å². The van der Waals surface area contributed by atoms with E-state index in [0.29, 0.717) is 25.0 Å². The van der Waals surface area contributed by atoms with Crippen LogP contribution in [0.1, 0.15) is 20.8 Å². The molecule has 96 valence electrons. The van der Waals surface area contributed by atoms with Crippen LogP contribution >= 0.6 is 0 Å². The summed E-state index contributed by atoms with van der Waals surface area (Å²) >= 11 is 0. The maximum atomic E-state index is 11.7. The van der Waals surface area contributed by atoms with Crippen molar-refractivity contribution in [1.82, 2.24) is 14.5 Å². The average Bonchev–Trinajstić information content (AvgIpc) is 2.28. The molecule has 1 heterocycles. The number of hydrogen-bond acceptors (Lipinski definition) is 3. The van der Waals surface area contributed by atoms with Crippen molar-refractivity contribution in [1.29, 1.82) is 0 Å². The Hall–Kier alpha value is -1.36. The van der Waals surface area contributed by atoms with E-state index in [1.807, 2.05) is 0 Å². The normalized spacial score (nSPS) is 13.0. The second-order valence-electron chi connectivity index (χ2n) is 4.69. The SMILES string of the molecule is CC(C)C(C)NCCn1c(=O)ccn(C)c1=O. The third kappa shape index (κ3) is 3.56. The van der Waals surface area contributed by atoms with Crippen LogP contribution in [0, 0.1) is 5.92 Å². The number of nitrogens with zero attached hydrogens (tertiary/aromatic N) is 2. The van der Waals surface area contributed by atoms with Gasteiger partial charge >= 0.3 is 5.69 Å². The van der Waals surface area contributed by atoms with Crippen molar-refractivity contribution in [3.8, 4) is 0 Å². The molecule has 1 N–H and O–H groups in total. The number of rotatable bonds is 5. The van der Waals surface area contributed by atoms with Gasteiger partial charge in [0, 0.05) is 38.4 Å². The second-order valence-corrected chi connectivity index (χ2v) is 4.69. The summed E-state index contributed by atoms with van der Waals surface area (Å²) in [4.78, 5) is 23.2. The Balaban J connectivity index is 2.68. The molecule has 0 saturated heterocycles. The average molecular weight is 239 g/mol. The molecule has 0 fully saturated rings. The predicted molar refractivity (Wildman–Crippen MR) is 68.2 cm³/mol. The van der Waals surface area contributed by atoms with Crippen LogP contribution in [0.5, 0.6) is 0 Å². The Morgan fingerprint density at radius 1 is 1.29 bits per heavy atom. The van der Waals surface area contributed by atoms with Crippen molar-refractivity contribution in [2.24, 2.45) is 13.0 Å². The summed E-state index contributed by atoms with van der Waals surface area (Å²) in [5, 5.41) is 3.30. The molecule has 0 saturated carbocycles. The first-order valence-electron chi connectivity index (χ1n) is 5.93. The number of aromatic nitrogens is 2. The van der Waals surface area contributed by atoms with Crippen LogP contribution in [-0.2, 0) is 13.6 Å². The number of hydrogen-bond donors (Lipinski definition) is 1. The molecule has 17 heavy (non-hydrogen) atoms. The van der Waals surface area contributed by atoms with Crippen molar-refractivity contribution < 1.29 is 0 Å². The molecule has 1 aromatic heterocycles. The van der Waals surface area contributed by atoms with Gasteiger partial charge in [-0.2, -0.15) is 0 Å². The van der Waals surface area contributed by atoms with Crippen molar-refractivity contribution >= 4 is 0 Å². The Morgan fingerprint density at radius 2 is 1.94 bits per heavy atom. The third-order valence-corrected chi connectivity index (χ3v) is 3.04. The van der Waals surface area contributed by atoms with E-state index in [-0.39, 0.29) is 11.2 Å².